The van der Waals surface area contributed by atoms with Crippen LogP contribution in [0.1, 0.15) is 36.1 Å². The van der Waals surface area contributed by atoms with Crippen LogP contribution < -0.4 is 5.32 Å². The molecule has 0 fully saturated rings. The SMILES string of the molecule is CCCNC(CSCCN(C)C)c1cc(C)ccc1C. The Morgan fingerprint density at radius 2 is 2.00 bits per heavy atom. The molecule has 0 bridgehead atoms. The zero-order valence-corrected chi connectivity index (χ0v) is 14.5. The number of nitrogens with zero attached hydrogens (tertiary/aromatic N) is 1. The Morgan fingerprint density at radius 3 is 2.65 bits per heavy atom. The minimum Gasteiger partial charge on any atom is -0.309 e. The van der Waals surface area contributed by atoms with E-state index in [1.54, 1.807) is 0 Å². The standard InChI is InChI=1S/C17H30N2S/c1-6-9-18-17(13-20-11-10-19(4)5)16-12-14(2)7-8-15(16)3/h7-8,12,17-18H,6,9-11,13H2,1-5H3. The Hall–Kier alpha value is -0.510. The first kappa shape index (κ1) is 17.5. The number of thioether (sulfide) groups is 1. The van der Waals surface area contributed by atoms with Crippen LogP contribution in [0, 0.1) is 13.8 Å². The molecule has 0 saturated carbocycles. The number of benzene rings is 1. The highest BCUT2D eigenvalue weighted by Gasteiger charge is 2.13. The Morgan fingerprint density at radius 1 is 1.25 bits per heavy atom. The van der Waals surface area contributed by atoms with Gasteiger partial charge in [-0.3, -0.25) is 0 Å². The minimum absolute atomic E-state index is 0.474. The molecular weight excluding hydrogens is 264 g/mol. The molecule has 0 aliphatic carbocycles. The molecule has 3 heteroatoms. The van der Waals surface area contributed by atoms with Crippen LogP contribution >= 0.6 is 11.8 Å². The van der Waals surface area contributed by atoms with Gasteiger partial charge in [0.25, 0.3) is 0 Å². The lowest BCUT2D eigenvalue weighted by atomic mass is 10.00. The fourth-order valence-electron chi connectivity index (χ4n) is 2.16. The third kappa shape index (κ3) is 6.29. The van der Waals surface area contributed by atoms with Crippen LogP contribution in [0.2, 0.25) is 0 Å². The van der Waals surface area contributed by atoms with Crippen molar-refractivity contribution in [3.05, 3.63) is 34.9 Å². The molecule has 0 saturated heterocycles. The Balaban J connectivity index is 2.65. The summed E-state index contributed by atoms with van der Waals surface area (Å²) in [5, 5.41) is 3.71. The average molecular weight is 295 g/mol. The van der Waals surface area contributed by atoms with Crippen molar-refractivity contribution < 1.29 is 0 Å². The summed E-state index contributed by atoms with van der Waals surface area (Å²) in [6, 6.07) is 7.27. The predicted molar refractivity (Wildman–Crippen MR) is 92.8 cm³/mol. The number of aryl methyl sites for hydroxylation is 2. The van der Waals surface area contributed by atoms with Crippen molar-refractivity contribution in [2.45, 2.75) is 33.2 Å². The van der Waals surface area contributed by atoms with E-state index in [1.165, 1.54) is 28.9 Å². The Kier molecular flexibility index (Phi) is 8.27. The highest BCUT2D eigenvalue weighted by Crippen LogP contribution is 2.23. The maximum absolute atomic E-state index is 3.71. The quantitative estimate of drug-likeness (QED) is 0.700. The number of hydrogen-bond acceptors (Lipinski definition) is 3. The molecule has 20 heavy (non-hydrogen) atoms. The monoisotopic (exact) mass is 294 g/mol. The van der Waals surface area contributed by atoms with Crippen LogP contribution in [0.15, 0.2) is 18.2 Å². The van der Waals surface area contributed by atoms with Gasteiger partial charge in [0.05, 0.1) is 0 Å². The summed E-state index contributed by atoms with van der Waals surface area (Å²) in [4.78, 5) is 2.25. The van der Waals surface area contributed by atoms with Gasteiger partial charge in [0.1, 0.15) is 0 Å². The van der Waals surface area contributed by atoms with Gasteiger partial charge in [-0.1, -0.05) is 30.7 Å². The van der Waals surface area contributed by atoms with Gasteiger partial charge in [0, 0.05) is 24.1 Å². The second-order valence-corrected chi connectivity index (χ2v) is 6.89. The van der Waals surface area contributed by atoms with Gasteiger partial charge >= 0.3 is 0 Å². The Bertz CT molecular complexity index is 391. The molecule has 1 rings (SSSR count). The van der Waals surface area contributed by atoms with Crippen LogP contribution in [0.5, 0.6) is 0 Å². The second-order valence-electron chi connectivity index (χ2n) is 5.74. The largest absolute Gasteiger partial charge is 0.309 e. The summed E-state index contributed by atoms with van der Waals surface area (Å²) in [6.45, 7) is 8.87. The van der Waals surface area contributed by atoms with E-state index in [4.69, 9.17) is 0 Å². The minimum atomic E-state index is 0.474. The molecule has 0 radical (unpaired) electrons. The lowest BCUT2D eigenvalue weighted by Crippen LogP contribution is -2.25. The molecule has 0 aliphatic rings. The van der Waals surface area contributed by atoms with Gasteiger partial charge in [-0.25, -0.2) is 0 Å². The lowest BCUT2D eigenvalue weighted by molar-refractivity contribution is 0.437. The van der Waals surface area contributed by atoms with E-state index in [0.29, 0.717) is 6.04 Å². The third-order valence-corrected chi connectivity index (χ3v) is 4.46. The zero-order chi connectivity index (χ0) is 15.0. The highest BCUT2D eigenvalue weighted by atomic mass is 32.2. The average Bonchev–Trinajstić information content (AvgIpc) is 2.41. The molecule has 114 valence electrons. The molecule has 1 unspecified atom stereocenters. The van der Waals surface area contributed by atoms with Crippen LogP contribution in [-0.4, -0.2) is 43.6 Å². The van der Waals surface area contributed by atoms with E-state index in [9.17, 15) is 0 Å². The summed E-state index contributed by atoms with van der Waals surface area (Å²) < 4.78 is 0. The van der Waals surface area contributed by atoms with Crippen molar-refractivity contribution in [3.63, 3.8) is 0 Å². The molecule has 0 heterocycles. The van der Waals surface area contributed by atoms with Gasteiger partial charge in [0.2, 0.25) is 0 Å². The van der Waals surface area contributed by atoms with E-state index >= 15 is 0 Å². The van der Waals surface area contributed by atoms with E-state index in [-0.39, 0.29) is 0 Å². The third-order valence-electron chi connectivity index (χ3n) is 3.42. The molecule has 1 aromatic rings. The van der Waals surface area contributed by atoms with Crippen LogP contribution in [0.4, 0.5) is 0 Å². The van der Waals surface area contributed by atoms with Crippen molar-refractivity contribution in [1.82, 2.24) is 10.2 Å². The zero-order valence-electron chi connectivity index (χ0n) is 13.7. The molecule has 0 spiro atoms. The van der Waals surface area contributed by atoms with Crippen LogP contribution in [-0.2, 0) is 0 Å². The molecule has 1 N–H and O–H groups in total. The topological polar surface area (TPSA) is 15.3 Å². The van der Waals surface area contributed by atoms with Crippen molar-refractivity contribution in [2.24, 2.45) is 0 Å². The van der Waals surface area contributed by atoms with Crippen molar-refractivity contribution in [1.29, 1.82) is 0 Å². The maximum Gasteiger partial charge on any atom is 0.0414 e. The van der Waals surface area contributed by atoms with Crippen molar-refractivity contribution in [2.75, 3.05) is 38.7 Å². The van der Waals surface area contributed by atoms with Crippen LogP contribution in [0.3, 0.4) is 0 Å². The van der Waals surface area contributed by atoms with Gasteiger partial charge in [-0.05, 0) is 52.0 Å². The van der Waals surface area contributed by atoms with E-state index in [1.807, 2.05) is 11.8 Å². The Labute approximate surface area is 129 Å². The van der Waals surface area contributed by atoms with Gasteiger partial charge in [-0.2, -0.15) is 11.8 Å². The highest BCUT2D eigenvalue weighted by molar-refractivity contribution is 7.99. The fourth-order valence-corrected chi connectivity index (χ4v) is 3.35. The van der Waals surface area contributed by atoms with E-state index < -0.39 is 0 Å². The predicted octanol–water partition coefficient (Wildman–Crippen LogP) is 3.64. The maximum atomic E-state index is 3.71. The van der Waals surface area contributed by atoms with Gasteiger partial charge in [0.15, 0.2) is 0 Å². The van der Waals surface area contributed by atoms with Gasteiger partial charge < -0.3 is 10.2 Å². The number of rotatable bonds is 9. The van der Waals surface area contributed by atoms with E-state index in [0.717, 1.165) is 18.8 Å². The molecule has 0 amide bonds. The molecule has 1 atom stereocenters. The number of hydrogen-bond donors (Lipinski definition) is 1. The summed E-state index contributed by atoms with van der Waals surface area (Å²) in [5.74, 6) is 2.35. The molecule has 1 aromatic carbocycles. The van der Waals surface area contributed by atoms with Gasteiger partial charge in [-0.15, -0.1) is 0 Å². The fraction of sp³-hybridized carbons (Fsp3) is 0.647. The molecule has 2 nitrogen and oxygen atoms in total. The summed E-state index contributed by atoms with van der Waals surface area (Å²) in [7, 11) is 4.27. The van der Waals surface area contributed by atoms with Crippen LogP contribution in [0.25, 0.3) is 0 Å². The lowest BCUT2D eigenvalue weighted by Gasteiger charge is -2.21. The second kappa shape index (κ2) is 9.43. The molecule has 0 aliphatic heterocycles. The first-order valence-corrected chi connectivity index (χ1v) is 8.73. The van der Waals surface area contributed by atoms with Crippen molar-refractivity contribution in [3.8, 4) is 0 Å². The molecular formula is C17H30N2S. The number of nitrogens with one attached hydrogen (secondary N) is 1. The molecule has 0 aromatic heterocycles. The summed E-state index contributed by atoms with van der Waals surface area (Å²) >= 11 is 2.05. The van der Waals surface area contributed by atoms with Crippen molar-refractivity contribution >= 4 is 11.8 Å². The first-order chi connectivity index (χ1) is 9.54. The normalized spacial score (nSPS) is 12.9. The summed E-state index contributed by atoms with van der Waals surface area (Å²) in [5.41, 5.74) is 4.22. The van der Waals surface area contributed by atoms with E-state index in [2.05, 4.69) is 63.3 Å². The summed E-state index contributed by atoms with van der Waals surface area (Å²) in [6.07, 6.45) is 1.18. The smallest absolute Gasteiger partial charge is 0.0414 e. The first-order valence-electron chi connectivity index (χ1n) is 7.57.